The number of nitrogens with zero attached hydrogens (tertiary/aromatic N) is 1. The number of H-pyrrole nitrogens is 1. The van der Waals surface area contributed by atoms with E-state index in [0.717, 1.165) is 27.6 Å². The first-order valence-electron chi connectivity index (χ1n) is 8.48. The Morgan fingerprint density at radius 2 is 1.96 bits per heavy atom. The largest absolute Gasteiger partial charge is 0.361 e. The molecule has 0 atom stereocenters. The lowest BCUT2D eigenvalue weighted by molar-refractivity contribution is 0.441. The Bertz CT molecular complexity index is 1120. The first-order chi connectivity index (χ1) is 12.5. The molecule has 0 fully saturated rings. The Labute approximate surface area is 152 Å². The fraction of sp³-hybridized carbons (Fsp3) is 0.200. The molecule has 0 spiro atoms. The van der Waals surface area contributed by atoms with E-state index in [1.54, 1.807) is 31.2 Å². The summed E-state index contributed by atoms with van der Waals surface area (Å²) in [4.78, 5) is 3.50. The van der Waals surface area contributed by atoms with Crippen LogP contribution in [0, 0.1) is 12.7 Å². The van der Waals surface area contributed by atoms with Crippen LogP contribution in [0.2, 0.25) is 0 Å². The summed E-state index contributed by atoms with van der Waals surface area (Å²) >= 11 is 0. The van der Waals surface area contributed by atoms with Crippen LogP contribution in [0.5, 0.6) is 0 Å². The highest BCUT2D eigenvalue weighted by Gasteiger charge is 2.27. The first kappa shape index (κ1) is 17.0. The molecule has 0 bridgehead atoms. The van der Waals surface area contributed by atoms with Crippen molar-refractivity contribution in [1.82, 2.24) is 9.29 Å². The molecular weight excluding hydrogens is 351 g/mol. The van der Waals surface area contributed by atoms with Gasteiger partial charge in [-0.05, 0) is 48.7 Å². The van der Waals surface area contributed by atoms with E-state index < -0.39 is 10.0 Å². The van der Waals surface area contributed by atoms with Gasteiger partial charge in [0, 0.05) is 35.8 Å². The van der Waals surface area contributed by atoms with Crippen molar-refractivity contribution < 1.29 is 12.8 Å². The maximum atomic E-state index is 13.6. The van der Waals surface area contributed by atoms with Crippen molar-refractivity contribution in [3.63, 3.8) is 0 Å². The lowest BCUT2D eigenvalue weighted by Gasteiger charge is -2.26. The van der Waals surface area contributed by atoms with Gasteiger partial charge < -0.3 is 4.98 Å². The minimum atomic E-state index is -3.51. The van der Waals surface area contributed by atoms with Crippen LogP contribution in [-0.4, -0.2) is 30.8 Å². The zero-order chi connectivity index (χ0) is 18.3. The summed E-state index contributed by atoms with van der Waals surface area (Å²) in [5.41, 5.74) is 3.59. The van der Waals surface area contributed by atoms with Gasteiger partial charge in [0.2, 0.25) is 10.0 Å². The van der Waals surface area contributed by atoms with Gasteiger partial charge in [-0.15, -0.1) is 0 Å². The third kappa shape index (κ3) is 2.85. The maximum Gasteiger partial charge on any atom is 0.243 e. The van der Waals surface area contributed by atoms with E-state index in [1.165, 1.54) is 16.4 Å². The molecule has 0 radical (unpaired) electrons. The molecule has 134 valence electrons. The SMILES string of the molecule is Cc1ccccc1S(=O)(=O)N1CC=C(c2c[nH]c3ccc(F)cc23)CC1. The van der Waals surface area contributed by atoms with Crippen molar-refractivity contribution in [3.8, 4) is 0 Å². The molecule has 26 heavy (non-hydrogen) atoms. The number of aromatic nitrogens is 1. The summed E-state index contributed by atoms with van der Waals surface area (Å²) in [6, 6.07) is 11.7. The van der Waals surface area contributed by atoms with Crippen molar-refractivity contribution in [3.05, 3.63) is 71.7 Å². The number of halogens is 1. The molecule has 0 saturated carbocycles. The second-order valence-electron chi connectivity index (χ2n) is 6.50. The van der Waals surface area contributed by atoms with Gasteiger partial charge in [-0.1, -0.05) is 24.3 Å². The van der Waals surface area contributed by atoms with Crippen LogP contribution < -0.4 is 0 Å². The summed E-state index contributed by atoms with van der Waals surface area (Å²) < 4.78 is 40.9. The molecule has 1 aromatic heterocycles. The van der Waals surface area contributed by atoms with Crippen molar-refractivity contribution >= 4 is 26.5 Å². The number of hydrogen-bond acceptors (Lipinski definition) is 2. The number of aryl methyl sites for hydroxylation is 1. The monoisotopic (exact) mass is 370 g/mol. The van der Waals surface area contributed by atoms with E-state index in [-0.39, 0.29) is 5.82 Å². The van der Waals surface area contributed by atoms with Gasteiger partial charge in [-0.3, -0.25) is 0 Å². The molecule has 1 N–H and O–H groups in total. The van der Waals surface area contributed by atoms with Gasteiger partial charge >= 0.3 is 0 Å². The smallest absolute Gasteiger partial charge is 0.243 e. The third-order valence-corrected chi connectivity index (χ3v) is 6.90. The first-order valence-corrected chi connectivity index (χ1v) is 9.92. The Morgan fingerprint density at radius 1 is 1.15 bits per heavy atom. The molecule has 4 nitrogen and oxygen atoms in total. The van der Waals surface area contributed by atoms with Crippen molar-refractivity contribution in [2.45, 2.75) is 18.2 Å². The van der Waals surface area contributed by atoms with Crippen LogP contribution in [0.25, 0.3) is 16.5 Å². The molecule has 4 rings (SSSR count). The molecule has 1 aliphatic heterocycles. The number of fused-ring (bicyclic) bond motifs is 1. The molecule has 2 heterocycles. The standard InChI is InChI=1S/C20H19FN2O2S/c1-14-4-2-3-5-20(14)26(24,25)23-10-8-15(9-11-23)18-13-22-19-7-6-16(21)12-17(18)19/h2-8,12-13,22H,9-11H2,1H3. The number of hydrogen-bond donors (Lipinski definition) is 1. The van der Waals surface area contributed by atoms with Gasteiger partial charge in [0.1, 0.15) is 5.82 Å². The molecule has 0 saturated heterocycles. The van der Waals surface area contributed by atoms with Crippen molar-refractivity contribution in [1.29, 1.82) is 0 Å². The Kier molecular flexibility index (Phi) is 4.17. The molecule has 0 unspecified atom stereocenters. The van der Waals surface area contributed by atoms with Crippen LogP contribution >= 0.6 is 0 Å². The van der Waals surface area contributed by atoms with Crippen LogP contribution in [0.1, 0.15) is 17.5 Å². The zero-order valence-corrected chi connectivity index (χ0v) is 15.2. The summed E-state index contributed by atoms with van der Waals surface area (Å²) in [6.45, 7) is 2.52. The average Bonchev–Trinajstić information content (AvgIpc) is 3.05. The second kappa shape index (κ2) is 6.37. The van der Waals surface area contributed by atoms with Crippen LogP contribution in [-0.2, 0) is 10.0 Å². The number of benzene rings is 2. The van der Waals surface area contributed by atoms with Gasteiger partial charge in [0.05, 0.1) is 4.90 Å². The second-order valence-corrected chi connectivity index (χ2v) is 8.41. The normalized spacial score (nSPS) is 16.0. The van der Waals surface area contributed by atoms with Crippen molar-refractivity contribution in [2.75, 3.05) is 13.1 Å². The third-order valence-electron chi connectivity index (χ3n) is 4.87. The summed E-state index contributed by atoms with van der Waals surface area (Å²) in [5, 5.41) is 0.825. The highest BCUT2D eigenvalue weighted by molar-refractivity contribution is 7.89. The molecule has 2 aromatic carbocycles. The van der Waals surface area contributed by atoms with Crippen LogP contribution in [0.3, 0.4) is 0 Å². The molecular formula is C20H19FN2O2S. The van der Waals surface area contributed by atoms with Gasteiger partial charge in [-0.25, -0.2) is 12.8 Å². The van der Waals surface area contributed by atoms with Gasteiger partial charge in [-0.2, -0.15) is 4.31 Å². The van der Waals surface area contributed by atoms with E-state index in [0.29, 0.717) is 24.4 Å². The van der Waals surface area contributed by atoms with Gasteiger partial charge in [0.15, 0.2) is 0 Å². The Hall–Kier alpha value is -2.44. The predicted octanol–water partition coefficient (Wildman–Crippen LogP) is 4.09. The van der Waals surface area contributed by atoms with Crippen molar-refractivity contribution in [2.24, 2.45) is 0 Å². The van der Waals surface area contributed by atoms with E-state index in [2.05, 4.69) is 4.98 Å². The lowest BCUT2D eigenvalue weighted by Crippen LogP contribution is -2.35. The molecule has 6 heteroatoms. The highest BCUT2D eigenvalue weighted by Crippen LogP contribution is 2.31. The summed E-state index contributed by atoms with van der Waals surface area (Å²) in [5.74, 6) is -0.279. The molecule has 0 aliphatic carbocycles. The Balaban J connectivity index is 1.64. The highest BCUT2D eigenvalue weighted by atomic mass is 32.2. The molecule has 1 aliphatic rings. The quantitative estimate of drug-likeness (QED) is 0.755. The van der Waals surface area contributed by atoms with Gasteiger partial charge in [0.25, 0.3) is 0 Å². The minimum absolute atomic E-state index is 0.279. The topological polar surface area (TPSA) is 53.2 Å². The van der Waals surface area contributed by atoms with E-state index in [1.807, 2.05) is 18.3 Å². The molecule has 3 aromatic rings. The average molecular weight is 370 g/mol. The zero-order valence-electron chi connectivity index (χ0n) is 14.4. The number of aromatic amines is 1. The number of rotatable bonds is 3. The van der Waals surface area contributed by atoms with E-state index >= 15 is 0 Å². The minimum Gasteiger partial charge on any atom is -0.361 e. The fourth-order valence-corrected chi connectivity index (χ4v) is 5.06. The number of nitrogens with one attached hydrogen (secondary N) is 1. The maximum absolute atomic E-state index is 13.6. The lowest BCUT2D eigenvalue weighted by atomic mass is 10.00. The number of sulfonamides is 1. The van der Waals surface area contributed by atoms with E-state index in [4.69, 9.17) is 0 Å². The fourth-order valence-electron chi connectivity index (χ4n) is 3.46. The van der Waals surface area contributed by atoms with Crippen LogP contribution in [0.4, 0.5) is 4.39 Å². The Morgan fingerprint density at radius 3 is 2.69 bits per heavy atom. The van der Waals surface area contributed by atoms with Crippen LogP contribution in [0.15, 0.2) is 59.6 Å². The predicted molar refractivity (Wildman–Crippen MR) is 101 cm³/mol. The summed E-state index contributed by atoms with van der Waals surface area (Å²) in [7, 11) is -3.51. The molecule has 0 amide bonds. The van der Waals surface area contributed by atoms with E-state index in [9.17, 15) is 12.8 Å². The summed E-state index contributed by atoms with van der Waals surface area (Å²) in [6.07, 6.45) is 4.38.